The van der Waals surface area contributed by atoms with Gasteiger partial charge in [-0.15, -0.1) is 11.3 Å². The SMILES string of the molecule is O=S(=O)(NCCc1csc(-c2ccccc2)n1)c1cccc(Cl)c1Cl. The van der Waals surface area contributed by atoms with Crippen molar-refractivity contribution >= 4 is 44.6 Å². The second-order valence-corrected chi connectivity index (χ2v) is 8.59. The molecule has 0 atom stereocenters. The Balaban J connectivity index is 1.65. The fourth-order valence-corrected chi connectivity index (χ4v) is 4.87. The van der Waals surface area contributed by atoms with Gasteiger partial charge in [0.15, 0.2) is 0 Å². The van der Waals surface area contributed by atoms with Crippen LogP contribution >= 0.6 is 34.5 Å². The van der Waals surface area contributed by atoms with E-state index in [1.807, 2.05) is 35.7 Å². The van der Waals surface area contributed by atoms with E-state index in [4.69, 9.17) is 23.2 Å². The summed E-state index contributed by atoms with van der Waals surface area (Å²) in [6.45, 7) is 0.225. The number of hydrogen-bond donors (Lipinski definition) is 1. The normalized spacial score (nSPS) is 11.6. The summed E-state index contributed by atoms with van der Waals surface area (Å²) in [5.41, 5.74) is 1.88. The first-order valence-corrected chi connectivity index (χ1v) is 10.5. The first kappa shape index (κ1) is 18.4. The van der Waals surface area contributed by atoms with Crippen LogP contribution in [0.25, 0.3) is 10.6 Å². The van der Waals surface area contributed by atoms with Crippen LogP contribution in [0.1, 0.15) is 5.69 Å². The highest BCUT2D eigenvalue weighted by atomic mass is 35.5. The summed E-state index contributed by atoms with van der Waals surface area (Å²) in [7, 11) is -3.72. The van der Waals surface area contributed by atoms with E-state index >= 15 is 0 Å². The number of hydrogen-bond acceptors (Lipinski definition) is 4. The van der Waals surface area contributed by atoms with E-state index in [1.54, 1.807) is 12.1 Å². The molecule has 0 aliphatic heterocycles. The van der Waals surface area contributed by atoms with Crippen molar-refractivity contribution < 1.29 is 8.42 Å². The van der Waals surface area contributed by atoms with Crippen LogP contribution in [0.4, 0.5) is 0 Å². The van der Waals surface area contributed by atoms with Gasteiger partial charge in [0.2, 0.25) is 10.0 Å². The molecule has 0 unspecified atom stereocenters. The molecule has 0 fully saturated rings. The van der Waals surface area contributed by atoms with Gasteiger partial charge in [0.1, 0.15) is 9.90 Å². The molecule has 8 heteroatoms. The van der Waals surface area contributed by atoms with E-state index < -0.39 is 10.0 Å². The second-order valence-electron chi connectivity index (χ2n) is 5.21. The van der Waals surface area contributed by atoms with Gasteiger partial charge in [-0.1, -0.05) is 59.6 Å². The first-order valence-electron chi connectivity index (χ1n) is 7.41. The fourth-order valence-electron chi connectivity index (χ4n) is 2.22. The lowest BCUT2D eigenvalue weighted by Crippen LogP contribution is -2.26. The van der Waals surface area contributed by atoms with Crippen LogP contribution in [0.5, 0.6) is 0 Å². The van der Waals surface area contributed by atoms with E-state index in [-0.39, 0.29) is 21.5 Å². The van der Waals surface area contributed by atoms with Gasteiger partial charge in [0.05, 0.1) is 15.7 Å². The number of sulfonamides is 1. The van der Waals surface area contributed by atoms with Gasteiger partial charge >= 0.3 is 0 Å². The van der Waals surface area contributed by atoms with Crippen molar-refractivity contribution in [3.63, 3.8) is 0 Å². The Labute approximate surface area is 160 Å². The van der Waals surface area contributed by atoms with Crippen molar-refractivity contribution in [2.45, 2.75) is 11.3 Å². The molecule has 130 valence electrons. The van der Waals surface area contributed by atoms with E-state index in [0.717, 1.165) is 16.3 Å². The van der Waals surface area contributed by atoms with Crippen LogP contribution in [0.3, 0.4) is 0 Å². The zero-order chi connectivity index (χ0) is 17.9. The maximum atomic E-state index is 12.4. The minimum Gasteiger partial charge on any atom is -0.241 e. The minimum atomic E-state index is -3.72. The maximum absolute atomic E-state index is 12.4. The Morgan fingerprint density at radius 1 is 1.04 bits per heavy atom. The molecule has 0 aliphatic carbocycles. The molecule has 0 spiro atoms. The topological polar surface area (TPSA) is 59.1 Å². The third kappa shape index (κ3) is 4.40. The second kappa shape index (κ2) is 7.85. The summed E-state index contributed by atoms with van der Waals surface area (Å²) >= 11 is 13.4. The van der Waals surface area contributed by atoms with Crippen molar-refractivity contribution in [2.24, 2.45) is 0 Å². The smallest absolute Gasteiger partial charge is 0.241 e. The van der Waals surface area contributed by atoms with Gasteiger partial charge in [-0.3, -0.25) is 0 Å². The molecule has 1 aromatic heterocycles. The Morgan fingerprint density at radius 2 is 1.80 bits per heavy atom. The number of nitrogens with zero attached hydrogens (tertiary/aromatic N) is 1. The lowest BCUT2D eigenvalue weighted by atomic mass is 10.2. The van der Waals surface area contributed by atoms with Gasteiger partial charge in [0.25, 0.3) is 0 Å². The van der Waals surface area contributed by atoms with E-state index in [1.165, 1.54) is 17.4 Å². The van der Waals surface area contributed by atoms with Crippen LogP contribution < -0.4 is 4.72 Å². The zero-order valence-corrected chi connectivity index (χ0v) is 16.1. The number of benzene rings is 2. The van der Waals surface area contributed by atoms with Crippen LogP contribution in [-0.2, 0) is 16.4 Å². The average Bonchev–Trinajstić information content (AvgIpc) is 3.07. The Bertz CT molecular complexity index is 973. The molecule has 3 aromatic rings. The lowest BCUT2D eigenvalue weighted by Gasteiger charge is -2.08. The lowest BCUT2D eigenvalue weighted by molar-refractivity contribution is 0.581. The Kier molecular flexibility index (Phi) is 5.76. The Morgan fingerprint density at radius 3 is 2.56 bits per heavy atom. The Hall–Kier alpha value is -1.44. The molecule has 2 aromatic carbocycles. The standard InChI is InChI=1S/C17H14Cl2N2O2S2/c18-14-7-4-8-15(16(14)19)25(22,23)20-10-9-13-11-24-17(21-13)12-5-2-1-3-6-12/h1-8,11,20H,9-10H2. The van der Waals surface area contributed by atoms with Crippen molar-refractivity contribution in [1.82, 2.24) is 9.71 Å². The fraction of sp³-hybridized carbons (Fsp3) is 0.118. The molecule has 1 N–H and O–H groups in total. The van der Waals surface area contributed by atoms with E-state index in [0.29, 0.717) is 6.42 Å². The predicted octanol–water partition coefficient (Wildman–Crippen LogP) is 4.64. The molecule has 0 aliphatic rings. The summed E-state index contributed by atoms with van der Waals surface area (Å²) < 4.78 is 27.2. The minimum absolute atomic E-state index is 0.0232. The molecule has 0 bridgehead atoms. The van der Waals surface area contributed by atoms with Crippen LogP contribution in [-0.4, -0.2) is 19.9 Å². The molecule has 0 radical (unpaired) electrons. The average molecular weight is 413 g/mol. The van der Waals surface area contributed by atoms with Crippen LogP contribution in [0.15, 0.2) is 58.8 Å². The van der Waals surface area contributed by atoms with Crippen molar-refractivity contribution in [3.8, 4) is 10.6 Å². The highest BCUT2D eigenvalue weighted by molar-refractivity contribution is 7.89. The highest BCUT2D eigenvalue weighted by Gasteiger charge is 2.19. The quantitative estimate of drug-likeness (QED) is 0.641. The van der Waals surface area contributed by atoms with Gasteiger partial charge in [-0.25, -0.2) is 18.1 Å². The first-order chi connectivity index (χ1) is 12.0. The van der Waals surface area contributed by atoms with Gasteiger partial charge in [-0.05, 0) is 12.1 Å². The number of aromatic nitrogens is 1. The summed E-state index contributed by atoms with van der Waals surface area (Å²) in [4.78, 5) is 4.52. The molecular formula is C17H14Cl2N2O2S2. The summed E-state index contributed by atoms with van der Waals surface area (Å²) in [5, 5.41) is 3.08. The molecule has 4 nitrogen and oxygen atoms in total. The predicted molar refractivity (Wildman–Crippen MR) is 103 cm³/mol. The highest BCUT2D eigenvalue weighted by Crippen LogP contribution is 2.28. The largest absolute Gasteiger partial charge is 0.242 e. The van der Waals surface area contributed by atoms with Crippen molar-refractivity contribution in [3.05, 3.63) is 69.7 Å². The maximum Gasteiger partial charge on any atom is 0.242 e. The van der Waals surface area contributed by atoms with Gasteiger partial charge < -0.3 is 0 Å². The van der Waals surface area contributed by atoms with Gasteiger partial charge in [0, 0.05) is 23.9 Å². The molecule has 1 heterocycles. The number of rotatable bonds is 6. The zero-order valence-electron chi connectivity index (χ0n) is 12.9. The number of thiazole rings is 1. The molecule has 25 heavy (non-hydrogen) atoms. The molecular weight excluding hydrogens is 399 g/mol. The molecule has 0 saturated heterocycles. The summed E-state index contributed by atoms with van der Waals surface area (Å²) in [5.74, 6) is 0. The molecule has 0 saturated carbocycles. The number of nitrogens with one attached hydrogen (secondary N) is 1. The van der Waals surface area contributed by atoms with Crippen molar-refractivity contribution in [2.75, 3.05) is 6.54 Å². The third-order valence-electron chi connectivity index (χ3n) is 3.45. The van der Waals surface area contributed by atoms with E-state index in [2.05, 4.69) is 9.71 Å². The monoisotopic (exact) mass is 412 g/mol. The summed E-state index contributed by atoms with van der Waals surface area (Å²) in [6, 6.07) is 14.4. The van der Waals surface area contributed by atoms with E-state index in [9.17, 15) is 8.42 Å². The van der Waals surface area contributed by atoms with Crippen LogP contribution in [0.2, 0.25) is 10.0 Å². The number of halogens is 2. The third-order valence-corrected chi connectivity index (χ3v) is 6.83. The van der Waals surface area contributed by atoms with Crippen molar-refractivity contribution in [1.29, 1.82) is 0 Å². The molecule has 0 amide bonds. The van der Waals surface area contributed by atoms with Crippen LogP contribution in [0, 0.1) is 0 Å². The summed E-state index contributed by atoms with van der Waals surface area (Å²) in [6.07, 6.45) is 0.487. The van der Waals surface area contributed by atoms with Gasteiger partial charge in [-0.2, -0.15) is 0 Å². The molecule has 3 rings (SSSR count).